The molecule has 0 N–H and O–H groups in total. The summed E-state index contributed by atoms with van der Waals surface area (Å²) in [6.45, 7) is 2.14. The molecule has 2 rings (SSSR count). The standard InChI is InChI=1S/C9H15NO/c1-10-6-5-9(7-10)4-2-3-8(9)11/h2-7H2,1H3/t9-/m1/s1. The molecular formula is C9H15NO. The maximum atomic E-state index is 11.5. The molecule has 0 radical (unpaired) electrons. The highest BCUT2D eigenvalue weighted by Gasteiger charge is 2.45. The van der Waals surface area contributed by atoms with Gasteiger partial charge < -0.3 is 4.90 Å². The van der Waals surface area contributed by atoms with Gasteiger partial charge in [-0.1, -0.05) is 0 Å². The monoisotopic (exact) mass is 153 g/mol. The Kier molecular flexibility index (Phi) is 1.53. The van der Waals surface area contributed by atoms with E-state index in [1.807, 2.05) is 0 Å². The van der Waals surface area contributed by atoms with Crippen LogP contribution in [0.4, 0.5) is 0 Å². The van der Waals surface area contributed by atoms with Crippen LogP contribution in [0.3, 0.4) is 0 Å². The zero-order chi connectivity index (χ0) is 7.90. The number of likely N-dealkylation sites (tertiary alicyclic amines) is 1. The summed E-state index contributed by atoms with van der Waals surface area (Å²) >= 11 is 0. The first-order chi connectivity index (χ1) is 5.23. The molecule has 62 valence electrons. The zero-order valence-electron chi connectivity index (χ0n) is 7.10. The van der Waals surface area contributed by atoms with Crippen LogP contribution in [0.25, 0.3) is 0 Å². The number of carbonyl (C=O) groups excluding carboxylic acids is 1. The summed E-state index contributed by atoms with van der Waals surface area (Å²) in [4.78, 5) is 13.8. The number of Topliss-reactive ketones (excluding diaryl/α,β-unsaturated/α-hetero) is 1. The van der Waals surface area contributed by atoms with Gasteiger partial charge in [0.25, 0.3) is 0 Å². The lowest BCUT2D eigenvalue weighted by Crippen LogP contribution is -2.28. The van der Waals surface area contributed by atoms with Crippen molar-refractivity contribution in [1.82, 2.24) is 4.90 Å². The van der Waals surface area contributed by atoms with Gasteiger partial charge in [-0.2, -0.15) is 0 Å². The van der Waals surface area contributed by atoms with Gasteiger partial charge in [-0.15, -0.1) is 0 Å². The van der Waals surface area contributed by atoms with Gasteiger partial charge in [-0.25, -0.2) is 0 Å². The van der Waals surface area contributed by atoms with Crippen LogP contribution in [0.15, 0.2) is 0 Å². The van der Waals surface area contributed by atoms with Crippen molar-refractivity contribution in [2.75, 3.05) is 20.1 Å². The smallest absolute Gasteiger partial charge is 0.140 e. The fourth-order valence-electron chi connectivity index (χ4n) is 2.50. The highest BCUT2D eigenvalue weighted by molar-refractivity contribution is 5.87. The van der Waals surface area contributed by atoms with E-state index in [9.17, 15) is 4.79 Å². The van der Waals surface area contributed by atoms with Crippen LogP contribution in [-0.2, 0) is 4.79 Å². The Morgan fingerprint density at radius 2 is 2.27 bits per heavy atom. The molecular weight excluding hydrogens is 138 g/mol. The molecule has 1 aliphatic heterocycles. The second kappa shape index (κ2) is 2.31. The lowest BCUT2D eigenvalue weighted by Gasteiger charge is -2.19. The minimum absolute atomic E-state index is 0.106. The van der Waals surface area contributed by atoms with Crippen LogP contribution < -0.4 is 0 Å². The Hall–Kier alpha value is -0.370. The molecule has 1 saturated carbocycles. The average molecular weight is 153 g/mol. The molecule has 0 bridgehead atoms. The van der Waals surface area contributed by atoms with Crippen LogP contribution in [0.1, 0.15) is 25.7 Å². The minimum Gasteiger partial charge on any atom is -0.305 e. The van der Waals surface area contributed by atoms with Crippen LogP contribution >= 0.6 is 0 Å². The largest absolute Gasteiger partial charge is 0.305 e. The predicted molar refractivity (Wildman–Crippen MR) is 43.4 cm³/mol. The van der Waals surface area contributed by atoms with Gasteiger partial charge in [0.05, 0.1) is 0 Å². The first-order valence-corrected chi connectivity index (χ1v) is 4.45. The molecule has 1 saturated heterocycles. The van der Waals surface area contributed by atoms with E-state index in [2.05, 4.69) is 11.9 Å². The second-order valence-electron chi connectivity index (χ2n) is 4.04. The van der Waals surface area contributed by atoms with Crippen molar-refractivity contribution in [1.29, 1.82) is 0 Å². The molecule has 0 amide bonds. The van der Waals surface area contributed by atoms with Crippen molar-refractivity contribution in [2.24, 2.45) is 5.41 Å². The van der Waals surface area contributed by atoms with Gasteiger partial charge in [-0.05, 0) is 32.9 Å². The summed E-state index contributed by atoms with van der Waals surface area (Å²) in [5.41, 5.74) is 0.106. The van der Waals surface area contributed by atoms with Crippen molar-refractivity contribution in [3.63, 3.8) is 0 Å². The van der Waals surface area contributed by atoms with Gasteiger partial charge in [-0.3, -0.25) is 4.79 Å². The quantitative estimate of drug-likeness (QED) is 0.518. The lowest BCUT2D eigenvalue weighted by atomic mass is 9.85. The van der Waals surface area contributed by atoms with Crippen LogP contribution in [0, 0.1) is 5.41 Å². The van der Waals surface area contributed by atoms with Crippen LogP contribution in [-0.4, -0.2) is 30.8 Å². The third kappa shape index (κ3) is 1.00. The van der Waals surface area contributed by atoms with E-state index in [1.54, 1.807) is 0 Å². The molecule has 2 fully saturated rings. The highest BCUT2D eigenvalue weighted by Crippen LogP contribution is 2.41. The molecule has 0 aromatic carbocycles. The summed E-state index contributed by atoms with van der Waals surface area (Å²) < 4.78 is 0. The molecule has 11 heavy (non-hydrogen) atoms. The highest BCUT2D eigenvalue weighted by atomic mass is 16.1. The molecule has 1 atom stereocenters. The summed E-state index contributed by atoms with van der Waals surface area (Å²) in [5, 5.41) is 0. The Labute approximate surface area is 67.6 Å². The number of ketones is 1. The molecule has 2 nitrogen and oxygen atoms in total. The maximum Gasteiger partial charge on any atom is 0.140 e. The summed E-state index contributed by atoms with van der Waals surface area (Å²) in [7, 11) is 2.11. The van der Waals surface area contributed by atoms with Crippen molar-refractivity contribution in [2.45, 2.75) is 25.7 Å². The first kappa shape index (κ1) is 7.29. The Morgan fingerprint density at radius 3 is 2.73 bits per heavy atom. The van der Waals surface area contributed by atoms with Gasteiger partial charge in [0.15, 0.2) is 0 Å². The van der Waals surface area contributed by atoms with Crippen LogP contribution in [0.2, 0.25) is 0 Å². The van der Waals surface area contributed by atoms with E-state index in [1.165, 1.54) is 0 Å². The molecule has 1 heterocycles. The maximum absolute atomic E-state index is 11.5. The van der Waals surface area contributed by atoms with E-state index in [4.69, 9.17) is 0 Å². The third-order valence-electron chi connectivity index (χ3n) is 3.20. The Bertz CT molecular complexity index is 190. The van der Waals surface area contributed by atoms with E-state index in [0.717, 1.165) is 38.8 Å². The number of rotatable bonds is 0. The fraction of sp³-hybridized carbons (Fsp3) is 0.889. The van der Waals surface area contributed by atoms with E-state index in [0.29, 0.717) is 5.78 Å². The fourth-order valence-corrected chi connectivity index (χ4v) is 2.50. The zero-order valence-corrected chi connectivity index (χ0v) is 7.10. The van der Waals surface area contributed by atoms with Crippen molar-refractivity contribution in [3.8, 4) is 0 Å². The van der Waals surface area contributed by atoms with Gasteiger partial charge in [0.2, 0.25) is 0 Å². The number of nitrogens with zero attached hydrogens (tertiary/aromatic N) is 1. The minimum atomic E-state index is 0.106. The number of carbonyl (C=O) groups is 1. The van der Waals surface area contributed by atoms with Gasteiger partial charge in [0, 0.05) is 18.4 Å². The molecule has 2 heteroatoms. The molecule has 1 spiro atoms. The van der Waals surface area contributed by atoms with E-state index < -0.39 is 0 Å². The topological polar surface area (TPSA) is 20.3 Å². The number of hydrogen-bond donors (Lipinski definition) is 0. The second-order valence-corrected chi connectivity index (χ2v) is 4.04. The average Bonchev–Trinajstić information content (AvgIpc) is 2.46. The van der Waals surface area contributed by atoms with Crippen molar-refractivity contribution < 1.29 is 4.79 Å². The summed E-state index contributed by atoms with van der Waals surface area (Å²) in [5.74, 6) is 0.529. The Morgan fingerprint density at radius 1 is 1.45 bits per heavy atom. The predicted octanol–water partition coefficient (Wildman–Crippen LogP) is 1.06. The SMILES string of the molecule is CN1CC[C@]2(CCCC2=O)C1. The molecule has 0 aromatic heterocycles. The molecule has 2 aliphatic rings. The Balaban J connectivity index is 2.16. The first-order valence-electron chi connectivity index (χ1n) is 4.45. The molecule has 0 aromatic rings. The van der Waals surface area contributed by atoms with E-state index in [-0.39, 0.29) is 5.41 Å². The lowest BCUT2D eigenvalue weighted by molar-refractivity contribution is -0.125. The summed E-state index contributed by atoms with van der Waals surface area (Å²) in [6.07, 6.45) is 4.24. The molecule has 0 unspecified atom stereocenters. The summed E-state index contributed by atoms with van der Waals surface area (Å²) in [6, 6.07) is 0. The number of hydrogen-bond acceptors (Lipinski definition) is 2. The van der Waals surface area contributed by atoms with Gasteiger partial charge >= 0.3 is 0 Å². The third-order valence-corrected chi connectivity index (χ3v) is 3.20. The van der Waals surface area contributed by atoms with Crippen molar-refractivity contribution in [3.05, 3.63) is 0 Å². The van der Waals surface area contributed by atoms with E-state index >= 15 is 0 Å². The molecule has 1 aliphatic carbocycles. The van der Waals surface area contributed by atoms with Crippen LogP contribution in [0.5, 0.6) is 0 Å². The van der Waals surface area contributed by atoms with Gasteiger partial charge in [0.1, 0.15) is 5.78 Å². The van der Waals surface area contributed by atoms with Crippen molar-refractivity contribution >= 4 is 5.78 Å². The normalized spacial score (nSPS) is 39.2.